The maximum Gasteiger partial charge on any atom is 0.278 e. The molecule has 0 fully saturated rings. The summed E-state index contributed by atoms with van der Waals surface area (Å²) in [5, 5.41) is 8.31. The number of hydrogen-bond donors (Lipinski definition) is 0. The van der Waals surface area contributed by atoms with Crippen molar-refractivity contribution in [1.82, 2.24) is 24.8 Å². The fourth-order valence-electron chi connectivity index (χ4n) is 2.13. The lowest BCUT2D eigenvalue weighted by Gasteiger charge is -2.10. The topological polar surface area (TPSA) is 60.0 Å². The highest BCUT2D eigenvalue weighted by molar-refractivity contribution is 5.46. The van der Waals surface area contributed by atoms with Crippen LogP contribution < -0.4 is 0 Å². The third-order valence-electron chi connectivity index (χ3n) is 2.95. The predicted molar refractivity (Wildman–Crippen MR) is 72.6 cm³/mol. The Morgan fingerprint density at radius 2 is 2.05 bits per heavy atom. The van der Waals surface area contributed by atoms with Gasteiger partial charge in [0.05, 0.1) is 5.69 Å². The van der Waals surface area contributed by atoms with Gasteiger partial charge in [-0.2, -0.15) is 10.1 Å². The van der Waals surface area contributed by atoms with E-state index < -0.39 is 0 Å². The van der Waals surface area contributed by atoms with Crippen molar-refractivity contribution in [3.63, 3.8) is 0 Å². The van der Waals surface area contributed by atoms with Crippen LogP contribution in [-0.4, -0.2) is 38.4 Å². The van der Waals surface area contributed by atoms with E-state index in [-0.39, 0.29) is 0 Å². The Labute approximate surface area is 113 Å². The first kappa shape index (κ1) is 13.7. The van der Waals surface area contributed by atoms with Gasteiger partial charge in [-0.25, -0.2) is 0 Å². The van der Waals surface area contributed by atoms with Crippen molar-refractivity contribution in [3.05, 3.63) is 17.6 Å². The van der Waals surface area contributed by atoms with Crippen LogP contribution in [0.15, 0.2) is 10.6 Å². The van der Waals surface area contributed by atoms with Crippen molar-refractivity contribution in [2.24, 2.45) is 0 Å². The molecule has 0 spiro atoms. The van der Waals surface area contributed by atoms with Crippen LogP contribution in [0, 0.1) is 6.92 Å². The Morgan fingerprint density at radius 1 is 1.26 bits per heavy atom. The Morgan fingerprint density at radius 3 is 2.74 bits per heavy atom. The van der Waals surface area contributed by atoms with Crippen LogP contribution >= 0.6 is 0 Å². The van der Waals surface area contributed by atoms with Gasteiger partial charge in [0, 0.05) is 19.6 Å². The molecule has 0 aromatic carbocycles. The molecule has 2 aromatic rings. The number of aryl methyl sites for hydroxylation is 2. The van der Waals surface area contributed by atoms with Gasteiger partial charge in [0.25, 0.3) is 5.89 Å². The van der Waals surface area contributed by atoms with Crippen molar-refractivity contribution >= 4 is 0 Å². The molecule has 1 aliphatic rings. The first-order valence-corrected chi connectivity index (χ1v) is 6.78. The molecule has 0 saturated carbocycles. The van der Waals surface area contributed by atoms with Crippen molar-refractivity contribution in [1.29, 1.82) is 0 Å². The van der Waals surface area contributed by atoms with E-state index in [4.69, 9.17) is 4.52 Å². The number of hydrogen-bond acceptors (Lipinski definition) is 5. The van der Waals surface area contributed by atoms with Crippen LogP contribution in [0.1, 0.15) is 31.8 Å². The summed E-state index contributed by atoms with van der Waals surface area (Å²) >= 11 is 0. The van der Waals surface area contributed by atoms with Gasteiger partial charge in [0.2, 0.25) is 0 Å². The van der Waals surface area contributed by atoms with E-state index in [0.29, 0.717) is 11.7 Å². The Kier molecular flexibility index (Phi) is 4.31. The molecule has 0 unspecified atom stereocenters. The van der Waals surface area contributed by atoms with Crippen LogP contribution in [0.3, 0.4) is 0 Å². The van der Waals surface area contributed by atoms with Gasteiger partial charge >= 0.3 is 0 Å². The fraction of sp³-hybridized carbons (Fsp3) is 0.615. The molecule has 2 aromatic heterocycles. The summed E-state index contributed by atoms with van der Waals surface area (Å²) in [4.78, 5) is 6.49. The molecule has 19 heavy (non-hydrogen) atoms. The van der Waals surface area contributed by atoms with Crippen LogP contribution in [0.5, 0.6) is 0 Å². The zero-order valence-electron chi connectivity index (χ0n) is 12.1. The van der Waals surface area contributed by atoms with E-state index in [2.05, 4.69) is 27.2 Å². The lowest BCUT2D eigenvalue weighted by Crippen LogP contribution is -2.16. The number of nitrogens with zero attached hydrogens (tertiary/aromatic N) is 5. The van der Waals surface area contributed by atoms with E-state index in [1.54, 1.807) is 0 Å². The number of rotatable bonds is 1. The van der Waals surface area contributed by atoms with E-state index in [9.17, 15) is 0 Å². The Balaban J connectivity index is 0.000000637. The molecule has 0 radical (unpaired) electrons. The van der Waals surface area contributed by atoms with Gasteiger partial charge in [0.15, 0.2) is 11.5 Å². The minimum absolute atomic E-state index is 0.505. The molecule has 6 heteroatoms. The van der Waals surface area contributed by atoms with E-state index in [1.165, 1.54) is 5.69 Å². The van der Waals surface area contributed by atoms with Crippen LogP contribution in [0.4, 0.5) is 0 Å². The minimum atomic E-state index is 0.505. The normalized spacial score (nSPS) is 15.4. The van der Waals surface area contributed by atoms with Gasteiger partial charge in [0.1, 0.15) is 0 Å². The monoisotopic (exact) mass is 263 g/mol. The van der Waals surface area contributed by atoms with Crippen molar-refractivity contribution in [3.8, 4) is 11.6 Å². The SMILES string of the molecule is CC.Cc1noc(-c2cc3n(n2)CCCN(C)C3)n1. The second kappa shape index (κ2) is 5.97. The summed E-state index contributed by atoms with van der Waals surface area (Å²) in [6, 6.07) is 2.04. The molecule has 3 rings (SSSR count). The summed E-state index contributed by atoms with van der Waals surface area (Å²) in [6.45, 7) is 8.78. The molecule has 0 N–H and O–H groups in total. The van der Waals surface area contributed by atoms with Gasteiger partial charge in [-0.15, -0.1) is 0 Å². The summed E-state index contributed by atoms with van der Waals surface area (Å²) < 4.78 is 7.18. The minimum Gasteiger partial charge on any atom is -0.332 e. The zero-order valence-corrected chi connectivity index (χ0v) is 12.1. The molecular weight excluding hydrogens is 242 g/mol. The second-order valence-electron chi connectivity index (χ2n) is 4.48. The quantitative estimate of drug-likeness (QED) is 0.788. The van der Waals surface area contributed by atoms with Crippen molar-refractivity contribution in [2.45, 2.75) is 40.3 Å². The number of aromatic nitrogens is 4. The maximum absolute atomic E-state index is 5.14. The standard InChI is InChI=1S/C11H15N5O.C2H6/c1-8-12-11(17-14-8)10-6-9-7-15(2)4-3-5-16(9)13-10;1-2/h6H,3-5,7H2,1-2H3;1-2H3. The van der Waals surface area contributed by atoms with Gasteiger partial charge < -0.3 is 9.42 Å². The third kappa shape index (κ3) is 3.01. The predicted octanol–water partition coefficient (Wildman–Crippen LogP) is 2.10. The third-order valence-corrected chi connectivity index (χ3v) is 2.95. The molecule has 1 aliphatic heterocycles. The Hall–Kier alpha value is -1.69. The van der Waals surface area contributed by atoms with E-state index >= 15 is 0 Å². The fourth-order valence-corrected chi connectivity index (χ4v) is 2.13. The van der Waals surface area contributed by atoms with Gasteiger partial charge in [-0.05, 0) is 26.5 Å². The van der Waals surface area contributed by atoms with Crippen LogP contribution in [-0.2, 0) is 13.1 Å². The van der Waals surface area contributed by atoms with Crippen molar-refractivity contribution in [2.75, 3.05) is 13.6 Å². The molecular formula is C13H21N5O. The maximum atomic E-state index is 5.14. The summed E-state index contributed by atoms with van der Waals surface area (Å²) in [6.07, 6.45) is 1.12. The largest absolute Gasteiger partial charge is 0.332 e. The van der Waals surface area contributed by atoms with Crippen molar-refractivity contribution < 1.29 is 4.52 Å². The molecule has 6 nitrogen and oxygen atoms in total. The molecule has 0 aliphatic carbocycles. The average molecular weight is 263 g/mol. The summed E-state index contributed by atoms with van der Waals surface area (Å²) in [5.74, 6) is 1.14. The first-order valence-electron chi connectivity index (χ1n) is 6.78. The second-order valence-corrected chi connectivity index (χ2v) is 4.48. The average Bonchev–Trinajstić information content (AvgIpc) is 2.95. The molecule has 0 bridgehead atoms. The van der Waals surface area contributed by atoms with Gasteiger partial charge in [-0.3, -0.25) is 4.68 Å². The highest BCUT2D eigenvalue weighted by atomic mass is 16.5. The lowest BCUT2D eigenvalue weighted by molar-refractivity contribution is 0.332. The Bertz CT molecular complexity index is 531. The summed E-state index contributed by atoms with van der Waals surface area (Å²) in [7, 11) is 2.12. The number of fused-ring (bicyclic) bond motifs is 1. The van der Waals surface area contributed by atoms with E-state index in [0.717, 1.165) is 31.7 Å². The molecule has 0 amide bonds. The molecule has 0 atom stereocenters. The zero-order chi connectivity index (χ0) is 13.8. The smallest absolute Gasteiger partial charge is 0.278 e. The molecule has 3 heterocycles. The van der Waals surface area contributed by atoms with E-state index in [1.807, 2.05) is 31.5 Å². The first-order chi connectivity index (χ1) is 9.22. The van der Waals surface area contributed by atoms with Gasteiger partial charge in [-0.1, -0.05) is 19.0 Å². The summed E-state index contributed by atoms with van der Waals surface area (Å²) in [5.41, 5.74) is 1.98. The highest BCUT2D eigenvalue weighted by Gasteiger charge is 2.17. The lowest BCUT2D eigenvalue weighted by atomic mass is 10.3. The molecule has 0 saturated heterocycles. The van der Waals surface area contributed by atoms with Crippen LogP contribution in [0.25, 0.3) is 11.6 Å². The van der Waals surface area contributed by atoms with Crippen LogP contribution in [0.2, 0.25) is 0 Å². The highest BCUT2D eigenvalue weighted by Crippen LogP contribution is 2.19. The molecule has 104 valence electrons.